The maximum atomic E-state index is 5.49. The van der Waals surface area contributed by atoms with E-state index in [9.17, 15) is 0 Å². The van der Waals surface area contributed by atoms with Gasteiger partial charge in [0.25, 0.3) is 0 Å². The standard InChI is InChI=1S/C15H14BrNO2/c1-10-7-12(5-6-13(10)16)17-8-11-3-2-4-14-15(11)19-9-18-14/h2-7,17H,8-9H2,1H3. The van der Waals surface area contributed by atoms with Crippen molar-refractivity contribution in [2.24, 2.45) is 0 Å². The Balaban J connectivity index is 1.76. The van der Waals surface area contributed by atoms with Gasteiger partial charge in [-0.25, -0.2) is 0 Å². The number of hydrogen-bond donors (Lipinski definition) is 1. The normalized spacial score (nSPS) is 12.5. The molecule has 0 spiro atoms. The number of rotatable bonds is 3. The van der Waals surface area contributed by atoms with Gasteiger partial charge in [-0.2, -0.15) is 0 Å². The number of para-hydroxylation sites is 1. The van der Waals surface area contributed by atoms with Crippen LogP contribution in [0.2, 0.25) is 0 Å². The molecule has 1 N–H and O–H groups in total. The van der Waals surface area contributed by atoms with Crippen LogP contribution in [0.15, 0.2) is 40.9 Å². The maximum Gasteiger partial charge on any atom is 0.231 e. The topological polar surface area (TPSA) is 30.5 Å². The van der Waals surface area contributed by atoms with E-state index in [-0.39, 0.29) is 0 Å². The fourth-order valence-corrected chi connectivity index (χ4v) is 2.33. The van der Waals surface area contributed by atoms with Crippen LogP contribution in [0.4, 0.5) is 5.69 Å². The molecule has 3 nitrogen and oxygen atoms in total. The highest BCUT2D eigenvalue weighted by atomic mass is 79.9. The number of halogens is 1. The summed E-state index contributed by atoms with van der Waals surface area (Å²) < 4.78 is 12.0. The van der Waals surface area contributed by atoms with Crippen LogP contribution in [0, 0.1) is 6.92 Å². The summed E-state index contributed by atoms with van der Waals surface area (Å²) in [6.07, 6.45) is 0. The Labute approximate surface area is 120 Å². The fourth-order valence-electron chi connectivity index (χ4n) is 2.08. The van der Waals surface area contributed by atoms with E-state index >= 15 is 0 Å². The summed E-state index contributed by atoms with van der Waals surface area (Å²) >= 11 is 3.50. The molecule has 0 bridgehead atoms. The molecule has 0 aromatic heterocycles. The number of anilines is 1. The van der Waals surface area contributed by atoms with Gasteiger partial charge in [-0.3, -0.25) is 0 Å². The highest BCUT2D eigenvalue weighted by Crippen LogP contribution is 2.35. The molecule has 2 aromatic carbocycles. The summed E-state index contributed by atoms with van der Waals surface area (Å²) in [7, 11) is 0. The lowest BCUT2D eigenvalue weighted by Gasteiger charge is -2.10. The van der Waals surface area contributed by atoms with Gasteiger partial charge in [0.05, 0.1) is 0 Å². The second-order valence-electron chi connectivity index (χ2n) is 4.47. The van der Waals surface area contributed by atoms with Gasteiger partial charge in [-0.15, -0.1) is 0 Å². The van der Waals surface area contributed by atoms with Gasteiger partial charge in [-0.1, -0.05) is 28.1 Å². The largest absolute Gasteiger partial charge is 0.454 e. The molecule has 4 heteroatoms. The van der Waals surface area contributed by atoms with Gasteiger partial charge in [-0.05, 0) is 36.8 Å². The minimum atomic E-state index is 0.309. The molecule has 0 fully saturated rings. The van der Waals surface area contributed by atoms with Gasteiger partial charge in [0.1, 0.15) is 0 Å². The average Bonchev–Trinajstić information content (AvgIpc) is 2.89. The Morgan fingerprint density at radius 1 is 1.21 bits per heavy atom. The van der Waals surface area contributed by atoms with Gasteiger partial charge < -0.3 is 14.8 Å². The van der Waals surface area contributed by atoms with Gasteiger partial charge in [0.2, 0.25) is 6.79 Å². The molecule has 0 amide bonds. The van der Waals surface area contributed by atoms with E-state index in [4.69, 9.17) is 9.47 Å². The molecule has 3 rings (SSSR count). The van der Waals surface area contributed by atoms with Crippen molar-refractivity contribution in [3.05, 3.63) is 52.0 Å². The molecule has 19 heavy (non-hydrogen) atoms. The van der Waals surface area contributed by atoms with Crippen LogP contribution in [0.25, 0.3) is 0 Å². The van der Waals surface area contributed by atoms with E-state index in [0.717, 1.165) is 27.2 Å². The van der Waals surface area contributed by atoms with E-state index in [1.54, 1.807) is 0 Å². The number of fused-ring (bicyclic) bond motifs is 1. The smallest absolute Gasteiger partial charge is 0.231 e. The first kappa shape index (κ1) is 12.4. The lowest BCUT2D eigenvalue weighted by atomic mass is 10.1. The van der Waals surface area contributed by atoms with Gasteiger partial charge >= 0.3 is 0 Å². The summed E-state index contributed by atoms with van der Waals surface area (Å²) in [5, 5.41) is 3.40. The zero-order valence-electron chi connectivity index (χ0n) is 10.6. The van der Waals surface area contributed by atoms with Gasteiger partial charge in [0, 0.05) is 22.3 Å². The van der Waals surface area contributed by atoms with Gasteiger partial charge in [0.15, 0.2) is 11.5 Å². The van der Waals surface area contributed by atoms with Crippen molar-refractivity contribution in [1.82, 2.24) is 0 Å². The first-order valence-electron chi connectivity index (χ1n) is 6.11. The molecule has 0 saturated carbocycles. The molecule has 0 radical (unpaired) electrons. The van der Waals surface area contributed by atoms with Crippen LogP contribution in [-0.2, 0) is 6.54 Å². The van der Waals surface area contributed by atoms with Crippen LogP contribution < -0.4 is 14.8 Å². The molecule has 0 saturated heterocycles. The van der Waals surface area contributed by atoms with Crippen molar-refractivity contribution < 1.29 is 9.47 Å². The molecule has 0 unspecified atom stereocenters. The van der Waals surface area contributed by atoms with Crippen molar-refractivity contribution in [2.75, 3.05) is 12.1 Å². The first-order valence-corrected chi connectivity index (χ1v) is 6.91. The molecule has 1 aliphatic rings. The van der Waals surface area contributed by atoms with Crippen LogP contribution in [0.5, 0.6) is 11.5 Å². The Hall–Kier alpha value is -1.68. The highest BCUT2D eigenvalue weighted by molar-refractivity contribution is 9.10. The second kappa shape index (κ2) is 5.13. The molecular weight excluding hydrogens is 306 g/mol. The molecule has 1 heterocycles. The number of aryl methyl sites for hydroxylation is 1. The van der Waals surface area contributed by atoms with Crippen molar-refractivity contribution >= 4 is 21.6 Å². The van der Waals surface area contributed by atoms with E-state index < -0.39 is 0 Å². The third-order valence-corrected chi connectivity index (χ3v) is 4.01. The van der Waals surface area contributed by atoms with Crippen molar-refractivity contribution in [1.29, 1.82) is 0 Å². The van der Waals surface area contributed by atoms with Crippen LogP contribution in [0.1, 0.15) is 11.1 Å². The van der Waals surface area contributed by atoms with Crippen LogP contribution >= 0.6 is 15.9 Å². The maximum absolute atomic E-state index is 5.49. The molecule has 0 aliphatic carbocycles. The quantitative estimate of drug-likeness (QED) is 0.924. The zero-order valence-corrected chi connectivity index (χ0v) is 12.2. The molecule has 0 atom stereocenters. The lowest BCUT2D eigenvalue weighted by Crippen LogP contribution is -2.01. The van der Waals surface area contributed by atoms with E-state index in [1.165, 1.54) is 5.56 Å². The van der Waals surface area contributed by atoms with Crippen molar-refractivity contribution in [3.63, 3.8) is 0 Å². The minimum Gasteiger partial charge on any atom is -0.454 e. The number of hydrogen-bond acceptors (Lipinski definition) is 3. The van der Waals surface area contributed by atoms with E-state index in [0.29, 0.717) is 13.3 Å². The molecular formula is C15H14BrNO2. The fraction of sp³-hybridized carbons (Fsp3) is 0.200. The summed E-state index contributed by atoms with van der Waals surface area (Å²) in [5.41, 5.74) is 3.41. The zero-order chi connectivity index (χ0) is 13.2. The third-order valence-electron chi connectivity index (χ3n) is 3.12. The Kier molecular flexibility index (Phi) is 3.34. The molecule has 1 aliphatic heterocycles. The minimum absolute atomic E-state index is 0.309. The lowest BCUT2D eigenvalue weighted by molar-refractivity contribution is 0.173. The summed E-state index contributed by atoms with van der Waals surface area (Å²) in [4.78, 5) is 0. The average molecular weight is 320 g/mol. The molecule has 2 aromatic rings. The van der Waals surface area contributed by atoms with Crippen molar-refractivity contribution in [3.8, 4) is 11.5 Å². The first-order chi connectivity index (χ1) is 9.24. The monoisotopic (exact) mass is 319 g/mol. The Bertz CT molecular complexity index is 613. The van der Waals surface area contributed by atoms with Crippen molar-refractivity contribution in [2.45, 2.75) is 13.5 Å². The van der Waals surface area contributed by atoms with E-state index in [1.807, 2.05) is 24.3 Å². The summed E-state index contributed by atoms with van der Waals surface area (Å²) in [6, 6.07) is 12.2. The number of nitrogens with one attached hydrogen (secondary N) is 1. The highest BCUT2D eigenvalue weighted by Gasteiger charge is 2.16. The second-order valence-corrected chi connectivity index (χ2v) is 5.32. The SMILES string of the molecule is Cc1cc(NCc2cccc3c2OCO3)ccc1Br. The molecule has 98 valence electrons. The predicted molar refractivity (Wildman–Crippen MR) is 78.8 cm³/mol. The summed E-state index contributed by atoms with van der Waals surface area (Å²) in [5.74, 6) is 1.68. The van der Waals surface area contributed by atoms with Crippen LogP contribution in [0.3, 0.4) is 0 Å². The van der Waals surface area contributed by atoms with Crippen LogP contribution in [-0.4, -0.2) is 6.79 Å². The van der Waals surface area contributed by atoms with E-state index in [2.05, 4.69) is 40.3 Å². The summed E-state index contributed by atoms with van der Waals surface area (Å²) in [6.45, 7) is 3.10. The third kappa shape index (κ3) is 2.54. The Morgan fingerprint density at radius 3 is 2.95 bits per heavy atom. The Morgan fingerprint density at radius 2 is 2.11 bits per heavy atom. The number of ether oxygens (including phenoxy) is 2. The predicted octanol–water partition coefficient (Wildman–Crippen LogP) is 4.10. The number of benzene rings is 2.